The number of rotatable bonds is 4. The number of carbonyl (C=O) groups excluding carboxylic acids is 1. The SMILES string of the molecule is Cc1cccc(C)c1NC(=O)CCc1cccc(F)c1. The van der Waals surface area contributed by atoms with E-state index in [1.54, 1.807) is 6.07 Å². The van der Waals surface area contributed by atoms with Crippen LogP contribution in [0.1, 0.15) is 23.1 Å². The molecule has 20 heavy (non-hydrogen) atoms. The third kappa shape index (κ3) is 3.67. The van der Waals surface area contributed by atoms with Gasteiger partial charge in [0, 0.05) is 12.1 Å². The third-order valence-corrected chi connectivity index (χ3v) is 3.28. The van der Waals surface area contributed by atoms with Gasteiger partial charge in [0.1, 0.15) is 5.82 Å². The summed E-state index contributed by atoms with van der Waals surface area (Å²) in [7, 11) is 0. The van der Waals surface area contributed by atoms with Crippen LogP contribution in [0.2, 0.25) is 0 Å². The average molecular weight is 271 g/mol. The van der Waals surface area contributed by atoms with Gasteiger partial charge >= 0.3 is 0 Å². The number of nitrogens with one attached hydrogen (secondary N) is 1. The van der Waals surface area contributed by atoms with Gasteiger partial charge in [-0.2, -0.15) is 0 Å². The van der Waals surface area contributed by atoms with Gasteiger partial charge < -0.3 is 5.32 Å². The van der Waals surface area contributed by atoms with Crippen molar-refractivity contribution in [3.8, 4) is 0 Å². The summed E-state index contributed by atoms with van der Waals surface area (Å²) in [4.78, 5) is 12.0. The lowest BCUT2D eigenvalue weighted by Crippen LogP contribution is -2.14. The summed E-state index contributed by atoms with van der Waals surface area (Å²) in [5.74, 6) is -0.315. The fourth-order valence-electron chi connectivity index (χ4n) is 2.16. The molecule has 0 aliphatic rings. The number of hydrogen-bond acceptors (Lipinski definition) is 1. The Kier molecular flexibility index (Phi) is 4.51. The first-order valence-electron chi connectivity index (χ1n) is 6.67. The Morgan fingerprint density at radius 2 is 1.75 bits per heavy atom. The molecule has 1 amide bonds. The largest absolute Gasteiger partial charge is 0.326 e. The second kappa shape index (κ2) is 6.33. The molecular formula is C17H18FNO. The summed E-state index contributed by atoms with van der Waals surface area (Å²) in [5.41, 5.74) is 3.80. The van der Waals surface area contributed by atoms with Gasteiger partial charge in [-0.1, -0.05) is 30.3 Å². The fraction of sp³-hybridized carbons (Fsp3) is 0.235. The van der Waals surface area contributed by atoms with Crippen LogP contribution in [-0.4, -0.2) is 5.91 Å². The molecule has 0 heterocycles. The summed E-state index contributed by atoms with van der Waals surface area (Å²) in [6.07, 6.45) is 0.881. The van der Waals surface area contributed by atoms with Crippen molar-refractivity contribution < 1.29 is 9.18 Å². The molecule has 0 bridgehead atoms. The molecule has 104 valence electrons. The summed E-state index contributed by atoms with van der Waals surface area (Å²) in [6, 6.07) is 12.3. The van der Waals surface area contributed by atoms with Crippen molar-refractivity contribution in [1.29, 1.82) is 0 Å². The van der Waals surface area contributed by atoms with E-state index in [1.807, 2.05) is 38.1 Å². The highest BCUT2D eigenvalue weighted by Gasteiger charge is 2.07. The van der Waals surface area contributed by atoms with Gasteiger partial charge in [-0.05, 0) is 49.1 Å². The van der Waals surface area contributed by atoms with E-state index >= 15 is 0 Å². The first kappa shape index (κ1) is 14.3. The van der Waals surface area contributed by atoms with E-state index in [9.17, 15) is 9.18 Å². The lowest BCUT2D eigenvalue weighted by molar-refractivity contribution is -0.116. The van der Waals surface area contributed by atoms with Crippen molar-refractivity contribution in [3.05, 3.63) is 65.0 Å². The minimum Gasteiger partial charge on any atom is -0.326 e. The van der Waals surface area contributed by atoms with Crippen LogP contribution in [-0.2, 0) is 11.2 Å². The molecule has 2 nitrogen and oxygen atoms in total. The maximum absolute atomic E-state index is 13.0. The molecule has 0 aliphatic heterocycles. The Hall–Kier alpha value is -2.16. The first-order valence-corrected chi connectivity index (χ1v) is 6.67. The molecule has 2 aromatic carbocycles. The predicted octanol–water partition coefficient (Wildman–Crippen LogP) is 4.01. The Morgan fingerprint density at radius 1 is 1.10 bits per heavy atom. The Morgan fingerprint density at radius 3 is 2.40 bits per heavy atom. The first-order chi connectivity index (χ1) is 9.56. The van der Waals surface area contributed by atoms with E-state index in [1.165, 1.54) is 12.1 Å². The normalized spacial score (nSPS) is 10.3. The molecule has 0 aromatic heterocycles. The van der Waals surface area contributed by atoms with Gasteiger partial charge in [-0.3, -0.25) is 4.79 Å². The molecule has 0 fully saturated rings. The van der Waals surface area contributed by atoms with Crippen molar-refractivity contribution in [2.24, 2.45) is 0 Å². The summed E-state index contributed by atoms with van der Waals surface area (Å²) >= 11 is 0. The minimum absolute atomic E-state index is 0.0494. The Labute approximate surface area is 118 Å². The summed E-state index contributed by atoms with van der Waals surface area (Å²) in [6.45, 7) is 3.93. The molecule has 3 heteroatoms. The molecule has 0 saturated heterocycles. The molecule has 0 radical (unpaired) electrons. The van der Waals surface area contributed by atoms with Crippen LogP contribution in [0.15, 0.2) is 42.5 Å². The number of aryl methyl sites for hydroxylation is 3. The minimum atomic E-state index is -0.266. The van der Waals surface area contributed by atoms with E-state index in [0.717, 1.165) is 22.4 Å². The van der Waals surface area contributed by atoms with Crippen LogP contribution < -0.4 is 5.32 Å². The lowest BCUT2D eigenvalue weighted by atomic mass is 10.1. The van der Waals surface area contributed by atoms with Crippen molar-refractivity contribution in [3.63, 3.8) is 0 Å². The Bertz CT molecular complexity index is 602. The average Bonchev–Trinajstić information content (AvgIpc) is 2.41. The quantitative estimate of drug-likeness (QED) is 0.894. The van der Waals surface area contributed by atoms with Crippen LogP contribution in [0.4, 0.5) is 10.1 Å². The van der Waals surface area contributed by atoms with Crippen LogP contribution >= 0.6 is 0 Å². The van der Waals surface area contributed by atoms with E-state index < -0.39 is 0 Å². The fourth-order valence-corrected chi connectivity index (χ4v) is 2.16. The van der Waals surface area contributed by atoms with Crippen LogP contribution in [0.25, 0.3) is 0 Å². The van der Waals surface area contributed by atoms with Crippen LogP contribution in [0, 0.1) is 19.7 Å². The second-order valence-corrected chi connectivity index (χ2v) is 4.94. The molecule has 2 rings (SSSR count). The number of benzene rings is 2. The third-order valence-electron chi connectivity index (χ3n) is 3.28. The molecule has 0 saturated carbocycles. The number of para-hydroxylation sites is 1. The topological polar surface area (TPSA) is 29.1 Å². The molecule has 0 spiro atoms. The van der Waals surface area contributed by atoms with E-state index in [0.29, 0.717) is 12.8 Å². The monoisotopic (exact) mass is 271 g/mol. The maximum atomic E-state index is 13.0. The zero-order valence-corrected chi connectivity index (χ0v) is 11.7. The van der Waals surface area contributed by atoms with Gasteiger partial charge in [-0.15, -0.1) is 0 Å². The highest BCUT2D eigenvalue weighted by molar-refractivity contribution is 5.92. The van der Waals surface area contributed by atoms with Crippen molar-refractivity contribution in [1.82, 2.24) is 0 Å². The lowest BCUT2D eigenvalue weighted by Gasteiger charge is -2.11. The van der Waals surface area contributed by atoms with Crippen LogP contribution in [0.5, 0.6) is 0 Å². The molecule has 0 unspecified atom stereocenters. The molecule has 1 N–H and O–H groups in total. The number of anilines is 1. The van der Waals surface area contributed by atoms with Crippen molar-refractivity contribution >= 4 is 11.6 Å². The number of carbonyl (C=O) groups is 1. The Balaban J connectivity index is 1.96. The highest BCUT2D eigenvalue weighted by atomic mass is 19.1. The van der Waals surface area contributed by atoms with Gasteiger partial charge in [-0.25, -0.2) is 4.39 Å². The van der Waals surface area contributed by atoms with E-state index in [4.69, 9.17) is 0 Å². The highest BCUT2D eigenvalue weighted by Crippen LogP contribution is 2.19. The van der Waals surface area contributed by atoms with Gasteiger partial charge in [0.25, 0.3) is 0 Å². The van der Waals surface area contributed by atoms with Crippen LogP contribution in [0.3, 0.4) is 0 Å². The molecular weight excluding hydrogens is 253 g/mol. The standard InChI is InChI=1S/C17H18FNO/c1-12-5-3-6-13(2)17(12)19-16(20)10-9-14-7-4-8-15(18)11-14/h3-8,11H,9-10H2,1-2H3,(H,19,20). The number of amides is 1. The van der Waals surface area contributed by atoms with E-state index in [-0.39, 0.29) is 11.7 Å². The van der Waals surface area contributed by atoms with Gasteiger partial charge in [0.2, 0.25) is 5.91 Å². The zero-order chi connectivity index (χ0) is 14.5. The molecule has 0 aliphatic carbocycles. The van der Waals surface area contributed by atoms with Crippen molar-refractivity contribution in [2.75, 3.05) is 5.32 Å². The van der Waals surface area contributed by atoms with Gasteiger partial charge in [0.15, 0.2) is 0 Å². The predicted molar refractivity (Wildman–Crippen MR) is 79.3 cm³/mol. The zero-order valence-electron chi connectivity index (χ0n) is 11.7. The number of halogens is 1. The maximum Gasteiger partial charge on any atom is 0.224 e. The molecule has 0 atom stereocenters. The van der Waals surface area contributed by atoms with Gasteiger partial charge in [0.05, 0.1) is 0 Å². The second-order valence-electron chi connectivity index (χ2n) is 4.94. The number of hydrogen-bond donors (Lipinski definition) is 1. The van der Waals surface area contributed by atoms with Crippen molar-refractivity contribution in [2.45, 2.75) is 26.7 Å². The molecule has 2 aromatic rings. The summed E-state index contributed by atoms with van der Waals surface area (Å²) < 4.78 is 13.0. The summed E-state index contributed by atoms with van der Waals surface area (Å²) in [5, 5.41) is 2.93. The van der Waals surface area contributed by atoms with E-state index in [2.05, 4.69) is 5.32 Å². The smallest absolute Gasteiger partial charge is 0.224 e.